The molecule has 1 atom stereocenters. The summed E-state index contributed by atoms with van der Waals surface area (Å²) < 4.78 is 6.37. The highest BCUT2D eigenvalue weighted by molar-refractivity contribution is 9.10. The van der Waals surface area contributed by atoms with E-state index in [2.05, 4.69) is 44.8 Å². The molecule has 0 spiro atoms. The Labute approximate surface area is 156 Å². The van der Waals surface area contributed by atoms with E-state index in [4.69, 9.17) is 9.41 Å². The lowest BCUT2D eigenvalue weighted by Gasteiger charge is -2.18. The molecular weight excluding hydrogens is 382 g/mol. The predicted octanol–water partition coefficient (Wildman–Crippen LogP) is 3.36. The molecule has 0 aliphatic heterocycles. The number of benzene rings is 1. The Balaban J connectivity index is 1.63. The zero-order chi connectivity index (χ0) is 17.7. The molecule has 2 aromatic rings. The molecule has 1 aliphatic rings. The smallest absolute Gasteiger partial charge is 0.191 e. The Morgan fingerprint density at radius 2 is 2.08 bits per heavy atom. The molecule has 1 aliphatic carbocycles. The van der Waals surface area contributed by atoms with Crippen molar-refractivity contribution in [1.29, 1.82) is 0 Å². The summed E-state index contributed by atoms with van der Waals surface area (Å²) in [6.07, 6.45) is 3.16. The molecule has 0 saturated heterocycles. The van der Waals surface area contributed by atoms with E-state index in [1.165, 1.54) is 5.56 Å². The van der Waals surface area contributed by atoms with Crippen molar-refractivity contribution in [1.82, 2.24) is 10.6 Å². The first-order valence-corrected chi connectivity index (χ1v) is 9.42. The minimum atomic E-state index is -0.697. The van der Waals surface area contributed by atoms with Crippen LogP contribution in [0.2, 0.25) is 0 Å². The van der Waals surface area contributed by atoms with Crippen molar-refractivity contribution in [3.63, 3.8) is 0 Å². The number of guanidine groups is 1. The van der Waals surface area contributed by atoms with Gasteiger partial charge in [0.05, 0.1) is 19.4 Å². The van der Waals surface area contributed by atoms with Gasteiger partial charge in [-0.2, -0.15) is 0 Å². The fourth-order valence-corrected chi connectivity index (χ4v) is 3.61. The highest BCUT2D eigenvalue weighted by Gasteiger charge is 2.45. The van der Waals surface area contributed by atoms with Gasteiger partial charge in [0.2, 0.25) is 0 Å². The second-order valence-electron chi connectivity index (χ2n) is 6.37. The van der Waals surface area contributed by atoms with Gasteiger partial charge in [-0.25, -0.2) is 0 Å². The second kappa shape index (κ2) is 8.06. The number of hydrogen-bond acceptors (Lipinski definition) is 3. The summed E-state index contributed by atoms with van der Waals surface area (Å²) in [6, 6.07) is 11.9. The number of rotatable bonds is 7. The van der Waals surface area contributed by atoms with E-state index in [-0.39, 0.29) is 5.41 Å². The highest BCUT2D eigenvalue weighted by Crippen LogP contribution is 2.50. The van der Waals surface area contributed by atoms with Gasteiger partial charge in [0, 0.05) is 16.4 Å². The SMILES string of the molecule is CCNC(=NCC1(c2ccccc2Br)CC1)NCC(O)c1ccco1. The van der Waals surface area contributed by atoms with Gasteiger partial charge < -0.3 is 20.2 Å². The van der Waals surface area contributed by atoms with Crippen molar-refractivity contribution < 1.29 is 9.52 Å². The first kappa shape index (κ1) is 18.0. The summed E-state index contributed by atoms with van der Waals surface area (Å²) in [7, 11) is 0. The molecule has 25 heavy (non-hydrogen) atoms. The van der Waals surface area contributed by atoms with E-state index in [9.17, 15) is 5.11 Å². The molecule has 1 aromatic carbocycles. The lowest BCUT2D eigenvalue weighted by molar-refractivity contribution is 0.153. The van der Waals surface area contributed by atoms with Crippen molar-refractivity contribution in [2.45, 2.75) is 31.3 Å². The van der Waals surface area contributed by atoms with Gasteiger partial charge in [-0.15, -0.1) is 0 Å². The molecule has 3 N–H and O–H groups in total. The molecule has 1 saturated carbocycles. The maximum absolute atomic E-state index is 10.1. The Kier molecular flexibility index (Phi) is 5.81. The molecule has 1 unspecified atom stereocenters. The van der Waals surface area contributed by atoms with Gasteiger partial charge in [0.15, 0.2) is 5.96 Å². The number of furan rings is 1. The van der Waals surface area contributed by atoms with Gasteiger partial charge in [0.25, 0.3) is 0 Å². The van der Waals surface area contributed by atoms with Crippen LogP contribution in [0.25, 0.3) is 0 Å². The van der Waals surface area contributed by atoms with Crippen LogP contribution in [0.3, 0.4) is 0 Å². The number of aliphatic hydroxyl groups is 1. The number of hydrogen-bond donors (Lipinski definition) is 3. The molecule has 6 heteroatoms. The lowest BCUT2D eigenvalue weighted by Crippen LogP contribution is -2.40. The summed E-state index contributed by atoms with van der Waals surface area (Å²) in [5.41, 5.74) is 1.45. The Morgan fingerprint density at radius 1 is 1.28 bits per heavy atom. The molecule has 134 valence electrons. The minimum absolute atomic E-state index is 0.127. The van der Waals surface area contributed by atoms with Crippen LogP contribution in [-0.2, 0) is 5.41 Å². The zero-order valence-electron chi connectivity index (χ0n) is 14.3. The normalized spacial score (nSPS) is 17.2. The lowest BCUT2D eigenvalue weighted by atomic mass is 9.96. The Morgan fingerprint density at radius 3 is 2.72 bits per heavy atom. The van der Waals surface area contributed by atoms with Gasteiger partial charge >= 0.3 is 0 Å². The van der Waals surface area contributed by atoms with E-state index in [0.29, 0.717) is 18.3 Å². The van der Waals surface area contributed by atoms with Crippen LogP contribution in [0.15, 0.2) is 56.5 Å². The monoisotopic (exact) mass is 405 g/mol. The summed E-state index contributed by atoms with van der Waals surface area (Å²) in [5.74, 6) is 1.27. The third-order valence-electron chi connectivity index (χ3n) is 4.52. The first-order valence-electron chi connectivity index (χ1n) is 8.63. The van der Waals surface area contributed by atoms with Crippen molar-refractivity contribution >= 4 is 21.9 Å². The van der Waals surface area contributed by atoms with Crippen LogP contribution >= 0.6 is 15.9 Å². The Bertz CT molecular complexity index is 711. The van der Waals surface area contributed by atoms with Crippen LogP contribution in [0.4, 0.5) is 0 Å². The first-order chi connectivity index (χ1) is 12.1. The molecule has 0 radical (unpaired) electrons. The maximum Gasteiger partial charge on any atom is 0.191 e. The van der Waals surface area contributed by atoms with Crippen LogP contribution in [-0.4, -0.2) is 30.7 Å². The van der Waals surface area contributed by atoms with Crippen molar-refractivity contribution in [2.24, 2.45) is 4.99 Å². The molecule has 5 nitrogen and oxygen atoms in total. The third kappa shape index (κ3) is 4.44. The van der Waals surface area contributed by atoms with Gasteiger partial charge in [-0.1, -0.05) is 34.1 Å². The summed E-state index contributed by atoms with van der Waals surface area (Å²) in [6.45, 7) is 3.87. The molecule has 0 amide bonds. The van der Waals surface area contributed by atoms with Crippen LogP contribution in [0.1, 0.15) is 37.2 Å². The van der Waals surface area contributed by atoms with E-state index in [0.717, 1.165) is 30.4 Å². The largest absolute Gasteiger partial charge is 0.467 e. The number of aliphatic hydroxyl groups excluding tert-OH is 1. The molecule has 1 heterocycles. The highest BCUT2D eigenvalue weighted by atomic mass is 79.9. The predicted molar refractivity (Wildman–Crippen MR) is 103 cm³/mol. The second-order valence-corrected chi connectivity index (χ2v) is 7.22. The molecule has 3 rings (SSSR count). The molecule has 0 bridgehead atoms. The molecule has 1 aromatic heterocycles. The maximum atomic E-state index is 10.1. The number of nitrogens with one attached hydrogen (secondary N) is 2. The summed E-state index contributed by atoms with van der Waals surface area (Å²) in [5, 5.41) is 16.6. The summed E-state index contributed by atoms with van der Waals surface area (Å²) >= 11 is 3.66. The topological polar surface area (TPSA) is 69.8 Å². The molecule has 1 fully saturated rings. The van der Waals surface area contributed by atoms with Gasteiger partial charge in [0.1, 0.15) is 11.9 Å². The standard InChI is InChI=1S/C19H24BrN3O2/c1-2-21-18(22-12-16(24)17-8-5-11-25-17)23-13-19(9-10-19)14-6-3-4-7-15(14)20/h3-8,11,16,24H,2,9-10,12-13H2,1H3,(H2,21,22,23). The van der Waals surface area contributed by atoms with Crippen LogP contribution in [0, 0.1) is 0 Å². The van der Waals surface area contributed by atoms with Crippen molar-refractivity contribution in [3.05, 3.63) is 58.5 Å². The minimum Gasteiger partial charge on any atom is -0.467 e. The van der Waals surface area contributed by atoms with E-state index >= 15 is 0 Å². The quantitative estimate of drug-likeness (QED) is 0.487. The van der Waals surface area contributed by atoms with Gasteiger partial charge in [-0.05, 0) is 43.5 Å². The number of nitrogens with zero attached hydrogens (tertiary/aromatic N) is 1. The summed E-state index contributed by atoms with van der Waals surface area (Å²) in [4.78, 5) is 4.75. The Hall–Kier alpha value is -1.79. The number of halogens is 1. The van der Waals surface area contributed by atoms with E-state index < -0.39 is 6.10 Å². The number of aliphatic imine (C=N–C) groups is 1. The van der Waals surface area contributed by atoms with Crippen LogP contribution in [0.5, 0.6) is 0 Å². The fraction of sp³-hybridized carbons (Fsp3) is 0.421. The van der Waals surface area contributed by atoms with Gasteiger partial charge in [-0.3, -0.25) is 4.99 Å². The van der Waals surface area contributed by atoms with E-state index in [1.807, 2.05) is 13.0 Å². The third-order valence-corrected chi connectivity index (χ3v) is 5.21. The average molecular weight is 406 g/mol. The van der Waals surface area contributed by atoms with Crippen molar-refractivity contribution in [3.8, 4) is 0 Å². The van der Waals surface area contributed by atoms with Crippen molar-refractivity contribution in [2.75, 3.05) is 19.6 Å². The zero-order valence-corrected chi connectivity index (χ0v) is 15.9. The van der Waals surface area contributed by atoms with Crippen LogP contribution < -0.4 is 10.6 Å². The fourth-order valence-electron chi connectivity index (χ4n) is 2.90. The van der Waals surface area contributed by atoms with E-state index in [1.54, 1.807) is 18.4 Å². The molecular formula is C19H24BrN3O2. The average Bonchev–Trinajstić information content (AvgIpc) is 3.19.